The molecule has 0 saturated carbocycles. The van der Waals surface area contributed by atoms with Crippen molar-refractivity contribution in [1.29, 1.82) is 0 Å². The molecule has 0 atom stereocenters. The van der Waals surface area contributed by atoms with Gasteiger partial charge in [-0.15, -0.1) is 0 Å². The lowest BCUT2D eigenvalue weighted by Gasteiger charge is -2.12. The molecule has 2 aromatic heterocycles. The molecule has 0 unspecified atom stereocenters. The summed E-state index contributed by atoms with van der Waals surface area (Å²) >= 11 is 11.7. The summed E-state index contributed by atoms with van der Waals surface area (Å²) in [5.41, 5.74) is -2.11. The van der Waals surface area contributed by atoms with E-state index in [1.165, 1.54) is 35.3 Å². The van der Waals surface area contributed by atoms with Crippen LogP contribution in [0.3, 0.4) is 0 Å². The number of halogens is 5. The maximum absolute atomic E-state index is 13.5. The fraction of sp³-hybridized carbons (Fsp3) is 0.188. The molecule has 0 aliphatic heterocycles. The maximum Gasteiger partial charge on any atom is 0.433 e. The molecule has 26 heavy (non-hydrogen) atoms. The van der Waals surface area contributed by atoms with Gasteiger partial charge < -0.3 is 9.55 Å². The molecule has 0 spiro atoms. The predicted octanol–water partition coefficient (Wildman–Crippen LogP) is 4.09. The van der Waals surface area contributed by atoms with E-state index in [1.807, 2.05) is 0 Å². The van der Waals surface area contributed by atoms with Crippen molar-refractivity contribution in [3.63, 3.8) is 0 Å². The summed E-state index contributed by atoms with van der Waals surface area (Å²) < 4.78 is 42.0. The summed E-state index contributed by atoms with van der Waals surface area (Å²) in [6, 6.07) is 4.37. The van der Waals surface area contributed by atoms with Crippen LogP contribution in [0, 0.1) is 0 Å². The smallest absolute Gasteiger partial charge is 0.340 e. The second kappa shape index (κ2) is 6.77. The third-order valence-electron chi connectivity index (χ3n) is 3.60. The molecule has 0 fully saturated rings. The molecule has 10 heteroatoms. The van der Waals surface area contributed by atoms with Gasteiger partial charge in [-0.1, -0.05) is 29.3 Å². The number of aromatic nitrogens is 4. The molecule has 0 bridgehead atoms. The van der Waals surface area contributed by atoms with Gasteiger partial charge in [-0.05, 0) is 17.7 Å². The van der Waals surface area contributed by atoms with Crippen LogP contribution in [0.1, 0.15) is 16.8 Å². The maximum atomic E-state index is 13.5. The minimum atomic E-state index is -4.80. The van der Waals surface area contributed by atoms with Crippen molar-refractivity contribution in [2.45, 2.75) is 12.6 Å². The highest BCUT2D eigenvalue weighted by molar-refractivity contribution is 6.42. The quantitative estimate of drug-likeness (QED) is 0.717. The van der Waals surface area contributed by atoms with E-state index in [9.17, 15) is 18.0 Å². The molecule has 0 aliphatic carbocycles. The van der Waals surface area contributed by atoms with Gasteiger partial charge >= 0.3 is 6.18 Å². The van der Waals surface area contributed by atoms with E-state index in [4.69, 9.17) is 23.2 Å². The molecular weight excluding hydrogens is 392 g/mol. The van der Waals surface area contributed by atoms with E-state index in [2.05, 4.69) is 15.0 Å². The highest BCUT2D eigenvalue weighted by Crippen LogP contribution is 2.32. The van der Waals surface area contributed by atoms with Gasteiger partial charge in [-0.3, -0.25) is 4.79 Å². The molecule has 136 valence electrons. The summed E-state index contributed by atoms with van der Waals surface area (Å²) in [5.74, 6) is -0.249. The van der Waals surface area contributed by atoms with Gasteiger partial charge in [0.2, 0.25) is 0 Å². The summed E-state index contributed by atoms with van der Waals surface area (Å²) in [6.07, 6.45) is -2.25. The first kappa shape index (κ1) is 18.5. The van der Waals surface area contributed by atoms with Crippen LogP contribution in [0.5, 0.6) is 0 Å². The summed E-state index contributed by atoms with van der Waals surface area (Å²) in [5, 5.41) is 0.455. The second-order valence-electron chi connectivity index (χ2n) is 5.59. The number of alkyl halides is 3. The van der Waals surface area contributed by atoms with Crippen molar-refractivity contribution >= 4 is 23.2 Å². The zero-order valence-electron chi connectivity index (χ0n) is 13.2. The number of hydrogen-bond acceptors (Lipinski definition) is 3. The highest BCUT2D eigenvalue weighted by atomic mass is 35.5. The first-order chi connectivity index (χ1) is 12.1. The molecule has 3 aromatic rings. The first-order valence-electron chi connectivity index (χ1n) is 7.28. The standard InChI is InChI=1S/C16H11Cl2F3N4O/c1-25-6-12(22-7-25)14-23-13(16(19,20)21)9(15(26)24-14)4-8-2-3-10(17)11(18)5-8/h2-3,5-7H,4H2,1H3,(H,23,24,26). The first-order valence-corrected chi connectivity index (χ1v) is 8.03. The Balaban J connectivity index is 2.12. The number of imidazole rings is 1. The van der Waals surface area contributed by atoms with Gasteiger partial charge in [0.1, 0.15) is 5.69 Å². The van der Waals surface area contributed by atoms with Crippen molar-refractivity contribution in [2.75, 3.05) is 0 Å². The molecule has 0 saturated heterocycles. The Hall–Kier alpha value is -2.32. The highest BCUT2D eigenvalue weighted by Gasteiger charge is 2.37. The summed E-state index contributed by atoms with van der Waals surface area (Å²) in [7, 11) is 1.65. The zero-order chi connectivity index (χ0) is 19.1. The van der Waals surface area contributed by atoms with Crippen LogP contribution in [0.25, 0.3) is 11.5 Å². The molecule has 2 heterocycles. The van der Waals surface area contributed by atoms with Crippen LogP contribution >= 0.6 is 23.2 Å². The minimum Gasteiger partial charge on any atom is -0.340 e. The third-order valence-corrected chi connectivity index (χ3v) is 4.34. The number of aryl methyl sites for hydroxylation is 1. The second-order valence-corrected chi connectivity index (χ2v) is 6.40. The van der Waals surface area contributed by atoms with Crippen LogP contribution in [-0.2, 0) is 19.6 Å². The number of H-pyrrole nitrogens is 1. The molecule has 1 N–H and O–H groups in total. The molecule has 0 aliphatic rings. The van der Waals surface area contributed by atoms with Gasteiger partial charge in [-0.2, -0.15) is 13.2 Å². The van der Waals surface area contributed by atoms with Gasteiger partial charge in [0.15, 0.2) is 11.5 Å². The number of nitrogens with zero attached hydrogens (tertiary/aromatic N) is 3. The van der Waals surface area contributed by atoms with Crippen LogP contribution in [0.15, 0.2) is 35.5 Å². The van der Waals surface area contributed by atoms with Crippen LogP contribution < -0.4 is 5.56 Å². The van der Waals surface area contributed by atoms with Gasteiger partial charge in [-0.25, -0.2) is 9.97 Å². The van der Waals surface area contributed by atoms with Crippen LogP contribution in [0.4, 0.5) is 13.2 Å². The molecule has 0 radical (unpaired) electrons. The normalized spacial score (nSPS) is 11.8. The molecular formula is C16H11Cl2F3N4O. The Kier molecular flexibility index (Phi) is 4.81. The van der Waals surface area contributed by atoms with Gasteiger partial charge in [0.05, 0.1) is 21.9 Å². The lowest BCUT2D eigenvalue weighted by molar-refractivity contribution is -0.141. The van der Waals surface area contributed by atoms with Gasteiger partial charge in [0, 0.05) is 19.7 Å². The fourth-order valence-electron chi connectivity index (χ4n) is 2.41. The SMILES string of the molecule is Cn1cnc(-c2nc(C(F)(F)F)c(Cc3ccc(Cl)c(Cl)c3)c(=O)[nH]2)c1. The molecule has 5 nitrogen and oxygen atoms in total. The molecule has 3 rings (SSSR count). The van der Waals surface area contributed by atoms with Crippen LogP contribution in [0.2, 0.25) is 10.0 Å². The monoisotopic (exact) mass is 402 g/mol. The van der Waals surface area contributed by atoms with E-state index in [0.29, 0.717) is 5.56 Å². The average Bonchev–Trinajstić information content (AvgIpc) is 2.98. The van der Waals surface area contributed by atoms with E-state index < -0.39 is 23.0 Å². The Morgan fingerprint density at radius 1 is 1.23 bits per heavy atom. The van der Waals surface area contributed by atoms with E-state index in [0.717, 1.165) is 0 Å². The Morgan fingerprint density at radius 3 is 2.54 bits per heavy atom. The van der Waals surface area contributed by atoms with E-state index >= 15 is 0 Å². The van der Waals surface area contributed by atoms with Crippen molar-refractivity contribution in [1.82, 2.24) is 19.5 Å². The lowest BCUT2D eigenvalue weighted by Crippen LogP contribution is -2.24. The Bertz CT molecular complexity index is 1030. The Morgan fingerprint density at radius 2 is 1.96 bits per heavy atom. The topological polar surface area (TPSA) is 63.6 Å². The number of nitrogens with one attached hydrogen (secondary N) is 1. The minimum absolute atomic E-state index is 0.135. The summed E-state index contributed by atoms with van der Waals surface area (Å²) in [4.78, 5) is 22.2. The lowest BCUT2D eigenvalue weighted by atomic mass is 10.0. The van der Waals surface area contributed by atoms with Crippen molar-refractivity contribution in [3.8, 4) is 11.5 Å². The Labute approximate surface area is 155 Å². The largest absolute Gasteiger partial charge is 0.433 e. The van der Waals surface area contributed by atoms with E-state index in [1.54, 1.807) is 7.05 Å². The fourth-order valence-corrected chi connectivity index (χ4v) is 2.73. The van der Waals surface area contributed by atoms with E-state index in [-0.39, 0.29) is 28.0 Å². The number of benzene rings is 1. The number of hydrogen-bond donors (Lipinski definition) is 1. The van der Waals surface area contributed by atoms with Crippen molar-refractivity contribution in [2.24, 2.45) is 7.05 Å². The van der Waals surface area contributed by atoms with Crippen LogP contribution in [-0.4, -0.2) is 19.5 Å². The molecule has 0 amide bonds. The summed E-state index contributed by atoms with van der Waals surface area (Å²) in [6.45, 7) is 0. The zero-order valence-corrected chi connectivity index (χ0v) is 14.7. The third kappa shape index (κ3) is 3.76. The number of rotatable bonds is 3. The number of aromatic amines is 1. The van der Waals surface area contributed by atoms with Crippen molar-refractivity contribution in [3.05, 3.63) is 67.9 Å². The average molecular weight is 403 g/mol. The van der Waals surface area contributed by atoms with Crippen molar-refractivity contribution < 1.29 is 13.2 Å². The van der Waals surface area contributed by atoms with Gasteiger partial charge in [0.25, 0.3) is 5.56 Å². The predicted molar refractivity (Wildman–Crippen MR) is 91.3 cm³/mol. The molecule has 1 aromatic carbocycles.